The van der Waals surface area contributed by atoms with Gasteiger partial charge >= 0.3 is 0 Å². The Morgan fingerprint density at radius 2 is 1.89 bits per heavy atom. The van der Waals surface area contributed by atoms with Crippen molar-refractivity contribution in [2.24, 2.45) is 0 Å². The van der Waals surface area contributed by atoms with Crippen molar-refractivity contribution < 1.29 is 4.74 Å². The van der Waals surface area contributed by atoms with Gasteiger partial charge in [0.1, 0.15) is 5.75 Å². The van der Waals surface area contributed by atoms with E-state index in [-0.39, 0.29) is 0 Å². The molecular formula is C15H19NOS. The first-order chi connectivity index (χ1) is 8.83. The number of ether oxygens (including phenoxy) is 1. The Hall–Kier alpha value is -1.35. The molecule has 0 aliphatic rings. The van der Waals surface area contributed by atoms with E-state index < -0.39 is 0 Å². The fraction of sp³-hybridized carbons (Fsp3) is 0.333. The van der Waals surface area contributed by atoms with E-state index in [4.69, 9.17) is 10.5 Å². The molecule has 0 amide bonds. The smallest absolute Gasteiger partial charge is 0.127 e. The number of thioether (sulfide) groups is 1. The van der Waals surface area contributed by atoms with Crippen LogP contribution >= 0.6 is 11.8 Å². The molecule has 0 bridgehead atoms. The lowest BCUT2D eigenvalue weighted by molar-refractivity contribution is 0.322. The van der Waals surface area contributed by atoms with E-state index >= 15 is 0 Å². The first-order valence-electron chi connectivity index (χ1n) is 6.30. The third-order valence-corrected chi connectivity index (χ3v) is 3.80. The van der Waals surface area contributed by atoms with Crippen molar-refractivity contribution in [3.63, 3.8) is 0 Å². The van der Waals surface area contributed by atoms with Crippen molar-refractivity contribution in [2.75, 3.05) is 23.8 Å². The first-order valence-corrected chi connectivity index (χ1v) is 7.46. The number of benzene rings is 2. The van der Waals surface area contributed by atoms with E-state index in [0.717, 1.165) is 41.0 Å². The number of fused-ring (bicyclic) bond motifs is 1. The molecule has 2 nitrogen and oxygen atoms in total. The molecule has 0 aliphatic heterocycles. The van der Waals surface area contributed by atoms with E-state index in [2.05, 4.69) is 13.0 Å². The standard InChI is InChI=1S/C15H19NOS/c1-2-18-11-5-10-17-15-9-8-14(16)12-6-3-4-7-13(12)15/h3-4,6-9H,2,5,10-11,16H2,1H3. The maximum absolute atomic E-state index is 5.96. The molecule has 0 aromatic heterocycles. The van der Waals surface area contributed by atoms with Crippen LogP contribution in [0.3, 0.4) is 0 Å². The summed E-state index contributed by atoms with van der Waals surface area (Å²) in [6, 6.07) is 12.0. The first kappa shape index (κ1) is 13.1. The van der Waals surface area contributed by atoms with Gasteiger partial charge in [0.15, 0.2) is 0 Å². The molecule has 3 heteroatoms. The van der Waals surface area contributed by atoms with Gasteiger partial charge < -0.3 is 10.5 Å². The van der Waals surface area contributed by atoms with Crippen molar-refractivity contribution in [1.29, 1.82) is 0 Å². The largest absolute Gasteiger partial charge is 0.493 e. The van der Waals surface area contributed by atoms with Crippen LogP contribution in [-0.2, 0) is 0 Å². The van der Waals surface area contributed by atoms with Gasteiger partial charge in [-0.15, -0.1) is 0 Å². The molecule has 0 aliphatic carbocycles. The Morgan fingerprint density at radius 3 is 2.67 bits per heavy atom. The summed E-state index contributed by atoms with van der Waals surface area (Å²) in [5, 5.41) is 2.17. The highest BCUT2D eigenvalue weighted by atomic mass is 32.2. The number of rotatable bonds is 6. The van der Waals surface area contributed by atoms with Crippen LogP contribution in [0.1, 0.15) is 13.3 Å². The van der Waals surface area contributed by atoms with Crippen LogP contribution in [-0.4, -0.2) is 18.1 Å². The van der Waals surface area contributed by atoms with Gasteiger partial charge in [0.05, 0.1) is 6.61 Å². The molecule has 2 rings (SSSR count). The number of anilines is 1. The summed E-state index contributed by atoms with van der Waals surface area (Å²) in [4.78, 5) is 0. The Bertz CT molecular complexity index is 513. The van der Waals surface area contributed by atoms with Gasteiger partial charge in [0, 0.05) is 16.5 Å². The third kappa shape index (κ3) is 3.10. The number of hydrogen-bond acceptors (Lipinski definition) is 3. The zero-order chi connectivity index (χ0) is 12.8. The predicted octanol–water partition coefficient (Wildman–Crippen LogP) is 3.94. The summed E-state index contributed by atoms with van der Waals surface area (Å²) in [6.45, 7) is 2.94. The molecule has 96 valence electrons. The quantitative estimate of drug-likeness (QED) is 0.632. The molecule has 0 radical (unpaired) electrons. The van der Waals surface area contributed by atoms with Crippen LogP contribution in [0.15, 0.2) is 36.4 Å². The number of nitrogens with two attached hydrogens (primary N) is 1. The van der Waals surface area contributed by atoms with E-state index in [1.165, 1.54) is 5.75 Å². The van der Waals surface area contributed by atoms with Gasteiger partial charge in [-0.2, -0.15) is 11.8 Å². The lowest BCUT2D eigenvalue weighted by Crippen LogP contribution is -2.00. The minimum absolute atomic E-state index is 0.765. The van der Waals surface area contributed by atoms with Gasteiger partial charge in [0.25, 0.3) is 0 Å². The zero-order valence-corrected chi connectivity index (χ0v) is 11.5. The molecule has 0 heterocycles. The second kappa shape index (κ2) is 6.55. The molecule has 0 atom stereocenters. The summed E-state index contributed by atoms with van der Waals surface area (Å²) < 4.78 is 5.85. The van der Waals surface area contributed by atoms with Gasteiger partial charge in [-0.25, -0.2) is 0 Å². The summed E-state index contributed by atoms with van der Waals surface area (Å²) in [5.74, 6) is 3.26. The fourth-order valence-corrected chi connectivity index (χ4v) is 2.52. The van der Waals surface area contributed by atoms with E-state index in [9.17, 15) is 0 Å². The van der Waals surface area contributed by atoms with Crippen LogP contribution in [0.5, 0.6) is 5.75 Å². The summed E-state index contributed by atoms with van der Waals surface area (Å²) in [7, 11) is 0. The van der Waals surface area contributed by atoms with Crippen LogP contribution in [0.2, 0.25) is 0 Å². The average molecular weight is 261 g/mol. The van der Waals surface area contributed by atoms with Crippen molar-refractivity contribution in [2.45, 2.75) is 13.3 Å². The molecule has 0 saturated carbocycles. The van der Waals surface area contributed by atoms with Crippen molar-refractivity contribution >= 4 is 28.2 Å². The average Bonchev–Trinajstić information content (AvgIpc) is 2.41. The molecule has 2 N–H and O–H groups in total. The van der Waals surface area contributed by atoms with Crippen molar-refractivity contribution in [3.05, 3.63) is 36.4 Å². The molecule has 0 unspecified atom stereocenters. The second-order valence-electron chi connectivity index (χ2n) is 4.10. The summed E-state index contributed by atoms with van der Waals surface area (Å²) in [5.41, 5.74) is 6.77. The van der Waals surface area contributed by atoms with Gasteiger partial charge in [0.2, 0.25) is 0 Å². The van der Waals surface area contributed by atoms with Gasteiger partial charge in [-0.3, -0.25) is 0 Å². The van der Waals surface area contributed by atoms with E-state index in [1.54, 1.807) is 0 Å². The van der Waals surface area contributed by atoms with Crippen LogP contribution in [0.4, 0.5) is 5.69 Å². The van der Waals surface area contributed by atoms with Gasteiger partial charge in [-0.05, 0) is 30.1 Å². The topological polar surface area (TPSA) is 35.2 Å². The monoisotopic (exact) mass is 261 g/mol. The van der Waals surface area contributed by atoms with Crippen LogP contribution < -0.4 is 10.5 Å². The molecular weight excluding hydrogens is 242 g/mol. The molecule has 0 saturated heterocycles. The summed E-state index contributed by atoms with van der Waals surface area (Å²) >= 11 is 1.95. The Kier molecular flexibility index (Phi) is 4.76. The lowest BCUT2D eigenvalue weighted by Gasteiger charge is -2.10. The van der Waals surface area contributed by atoms with Crippen LogP contribution in [0.25, 0.3) is 10.8 Å². The Labute approximate surface area is 113 Å². The SMILES string of the molecule is CCSCCCOc1ccc(N)c2ccccc12. The second-order valence-corrected chi connectivity index (χ2v) is 5.49. The lowest BCUT2D eigenvalue weighted by atomic mass is 10.1. The van der Waals surface area contributed by atoms with E-state index in [0.29, 0.717) is 0 Å². The highest BCUT2D eigenvalue weighted by Crippen LogP contribution is 2.29. The molecule has 18 heavy (non-hydrogen) atoms. The minimum Gasteiger partial charge on any atom is -0.493 e. The highest BCUT2D eigenvalue weighted by Gasteiger charge is 2.04. The number of nitrogen functional groups attached to an aromatic ring is 1. The Balaban J connectivity index is 2.07. The predicted molar refractivity (Wildman–Crippen MR) is 81.5 cm³/mol. The normalized spacial score (nSPS) is 10.7. The third-order valence-electron chi connectivity index (χ3n) is 2.81. The fourth-order valence-electron chi connectivity index (χ4n) is 1.91. The maximum atomic E-state index is 5.96. The van der Waals surface area contributed by atoms with Gasteiger partial charge in [-0.1, -0.05) is 31.2 Å². The molecule has 2 aromatic carbocycles. The van der Waals surface area contributed by atoms with Crippen molar-refractivity contribution in [1.82, 2.24) is 0 Å². The number of hydrogen-bond donors (Lipinski definition) is 1. The van der Waals surface area contributed by atoms with E-state index in [1.807, 2.05) is 42.1 Å². The molecule has 0 fully saturated rings. The molecule has 0 spiro atoms. The maximum Gasteiger partial charge on any atom is 0.127 e. The summed E-state index contributed by atoms with van der Waals surface area (Å²) in [6.07, 6.45) is 1.08. The zero-order valence-electron chi connectivity index (χ0n) is 10.7. The molecule has 2 aromatic rings. The highest BCUT2D eigenvalue weighted by molar-refractivity contribution is 7.99. The Morgan fingerprint density at radius 1 is 1.11 bits per heavy atom. The van der Waals surface area contributed by atoms with Crippen molar-refractivity contribution in [3.8, 4) is 5.75 Å². The van der Waals surface area contributed by atoms with Crippen LogP contribution in [0, 0.1) is 0 Å². The minimum atomic E-state index is 0.765.